The second-order valence-corrected chi connectivity index (χ2v) is 8.83. The van der Waals surface area contributed by atoms with Gasteiger partial charge in [-0.05, 0) is 29.5 Å². The summed E-state index contributed by atoms with van der Waals surface area (Å²) in [6.45, 7) is 6.88. The lowest BCUT2D eigenvalue weighted by molar-refractivity contribution is -0.139. The first-order chi connectivity index (χ1) is 13.2. The average molecular weight is 379 g/mol. The van der Waals surface area contributed by atoms with Crippen molar-refractivity contribution >= 4 is 11.8 Å². The summed E-state index contributed by atoms with van der Waals surface area (Å²) in [6, 6.07) is 18.6. The molecule has 0 aliphatic carbocycles. The fraction of sp³-hybridized carbons (Fsp3) is 0.417. The molecule has 2 aromatic rings. The summed E-state index contributed by atoms with van der Waals surface area (Å²) in [5, 5.41) is 2.84. The van der Waals surface area contributed by atoms with Crippen LogP contribution in [0.2, 0.25) is 0 Å². The highest BCUT2D eigenvalue weighted by molar-refractivity contribution is 5.87. The maximum absolute atomic E-state index is 12.9. The number of benzene rings is 2. The number of carbonyl (C=O) groups excluding carboxylic acids is 2. The Morgan fingerprint density at radius 2 is 1.71 bits per heavy atom. The number of likely N-dealkylation sites (tertiary alicyclic amines) is 1. The molecule has 0 saturated carbocycles. The van der Waals surface area contributed by atoms with Crippen LogP contribution < -0.4 is 5.32 Å². The topological polar surface area (TPSA) is 49.4 Å². The standard InChI is InChI=1S/C24H30N2O2/c1-23(2,3)22(28)26-14-13-24(17-26,21(27)25-4)16-18-9-8-12-20(15-18)19-10-6-5-7-11-19/h5-12,15H,13-14,16-17H2,1-4H3,(H,25,27)/t24-/m0/s1. The molecule has 3 rings (SSSR count). The summed E-state index contributed by atoms with van der Waals surface area (Å²) in [4.78, 5) is 27.5. The van der Waals surface area contributed by atoms with Gasteiger partial charge in [-0.1, -0.05) is 75.4 Å². The van der Waals surface area contributed by atoms with E-state index in [-0.39, 0.29) is 11.8 Å². The first-order valence-corrected chi connectivity index (χ1v) is 9.91. The Labute approximate surface area is 167 Å². The Kier molecular flexibility index (Phi) is 5.59. The molecule has 1 saturated heterocycles. The van der Waals surface area contributed by atoms with E-state index in [0.29, 0.717) is 25.9 Å². The zero-order chi connectivity index (χ0) is 20.4. The van der Waals surface area contributed by atoms with Crippen molar-refractivity contribution in [1.29, 1.82) is 0 Å². The van der Waals surface area contributed by atoms with E-state index >= 15 is 0 Å². The fourth-order valence-electron chi connectivity index (χ4n) is 4.08. The number of carbonyl (C=O) groups is 2. The lowest BCUT2D eigenvalue weighted by Gasteiger charge is -2.30. The van der Waals surface area contributed by atoms with Crippen molar-refractivity contribution in [1.82, 2.24) is 10.2 Å². The summed E-state index contributed by atoms with van der Waals surface area (Å²) in [5.41, 5.74) is 2.41. The van der Waals surface area contributed by atoms with Crippen LogP contribution in [0.4, 0.5) is 0 Å². The third-order valence-electron chi connectivity index (χ3n) is 5.57. The third kappa shape index (κ3) is 4.11. The average Bonchev–Trinajstić information content (AvgIpc) is 3.12. The van der Waals surface area contributed by atoms with Crippen LogP contribution in [-0.4, -0.2) is 36.9 Å². The molecule has 0 spiro atoms. The molecule has 2 aromatic carbocycles. The number of nitrogens with zero attached hydrogens (tertiary/aromatic N) is 1. The Morgan fingerprint density at radius 1 is 1.04 bits per heavy atom. The Bertz CT molecular complexity index is 854. The second kappa shape index (κ2) is 7.78. The van der Waals surface area contributed by atoms with Gasteiger partial charge in [0, 0.05) is 25.6 Å². The van der Waals surface area contributed by atoms with Gasteiger partial charge in [-0.2, -0.15) is 0 Å². The molecule has 0 unspecified atom stereocenters. The molecule has 2 amide bonds. The maximum Gasteiger partial charge on any atom is 0.228 e. The van der Waals surface area contributed by atoms with E-state index in [1.54, 1.807) is 7.05 Å². The smallest absolute Gasteiger partial charge is 0.228 e. The van der Waals surface area contributed by atoms with Crippen molar-refractivity contribution in [3.05, 3.63) is 60.2 Å². The van der Waals surface area contributed by atoms with E-state index in [1.165, 1.54) is 0 Å². The molecule has 1 fully saturated rings. The predicted molar refractivity (Wildman–Crippen MR) is 113 cm³/mol. The molecule has 1 N–H and O–H groups in total. The molecule has 28 heavy (non-hydrogen) atoms. The summed E-state index contributed by atoms with van der Waals surface area (Å²) in [7, 11) is 1.68. The van der Waals surface area contributed by atoms with Crippen LogP contribution in [0.5, 0.6) is 0 Å². The van der Waals surface area contributed by atoms with Gasteiger partial charge < -0.3 is 10.2 Å². The normalized spacial score (nSPS) is 19.5. The van der Waals surface area contributed by atoms with Crippen LogP contribution in [0.3, 0.4) is 0 Å². The number of amides is 2. The largest absolute Gasteiger partial charge is 0.359 e. The summed E-state index contributed by atoms with van der Waals surface area (Å²) in [5.74, 6) is 0.123. The molecule has 148 valence electrons. The Balaban J connectivity index is 1.87. The van der Waals surface area contributed by atoms with Crippen molar-refractivity contribution in [3.8, 4) is 11.1 Å². The molecule has 4 heteroatoms. The molecule has 4 nitrogen and oxygen atoms in total. The Hall–Kier alpha value is -2.62. The zero-order valence-electron chi connectivity index (χ0n) is 17.3. The van der Waals surface area contributed by atoms with Crippen LogP contribution in [-0.2, 0) is 16.0 Å². The van der Waals surface area contributed by atoms with Crippen molar-refractivity contribution in [2.24, 2.45) is 10.8 Å². The third-order valence-corrected chi connectivity index (χ3v) is 5.57. The minimum Gasteiger partial charge on any atom is -0.359 e. The lowest BCUT2D eigenvalue weighted by Crippen LogP contribution is -2.45. The van der Waals surface area contributed by atoms with E-state index in [4.69, 9.17) is 0 Å². The highest BCUT2D eigenvalue weighted by atomic mass is 16.2. The summed E-state index contributed by atoms with van der Waals surface area (Å²) >= 11 is 0. The molecule has 1 aliphatic rings. The molecular weight excluding hydrogens is 348 g/mol. The first kappa shape index (κ1) is 20.1. The van der Waals surface area contributed by atoms with Crippen molar-refractivity contribution in [2.45, 2.75) is 33.6 Å². The van der Waals surface area contributed by atoms with Gasteiger partial charge in [-0.3, -0.25) is 9.59 Å². The number of rotatable bonds is 4. The summed E-state index contributed by atoms with van der Waals surface area (Å²) in [6.07, 6.45) is 1.31. The van der Waals surface area contributed by atoms with Crippen LogP contribution in [0.1, 0.15) is 32.8 Å². The van der Waals surface area contributed by atoms with E-state index in [9.17, 15) is 9.59 Å². The molecule has 0 radical (unpaired) electrons. The van der Waals surface area contributed by atoms with Gasteiger partial charge in [-0.15, -0.1) is 0 Å². The highest BCUT2D eigenvalue weighted by Crippen LogP contribution is 2.37. The molecule has 1 aliphatic heterocycles. The number of hydrogen-bond donors (Lipinski definition) is 1. The van der Waals surface area contributed by atoms with Crippen LogP contribution in [0.15, 0.2) is 54.6 Å². The quantitative estimate of drug-likeness (QED) is 0.877. The van der Waals surface area contributed by atoms with Gasteiger partial charge in [0.25, 0.3) is 0 Å². The molecular formula is C24H30N2O2. The van der Waals surface area contributed by atoms with Gasteiger partial charge in [-0.25, -0.2) is 0 Å². The maximum atomic E-state index is 12.9. The fourth-order valence-corrected chi connectivity index (χ4v) is 4.08. The lowest BCUT2D eigenvalue weighted by atomic mass is 9.79. The van der Waals surface area contributed by atoms with Gasteiger partial charge >= 0.3 is 0 Å². The highest BCUT2D eigenvalue weighted by Gasteiger charge is 2.46. The van der Waals surface area contributed by atoms with Crippen molar-refractivity contribution in [2.75, 3.05) is 20.1 Å². The van der Waals surface area contributed by atoms with E-state index in [1.807, 2.05) is 49.9 Å². The van der Waals surface area contributed by atoms with Crippen LogP contribution in [0.25, 0.3) is 11.1 Å². The SMILES string of the molecule is CNC(=O)[C@]1(Cc2cccc(-c3ccccc3)c2)CCN(C(=O)C(C)(C)C)C1. The van der Waals surface area contributed by atoms with Crippen LogP contribution >= 0.6 is 0 Å². The molecule has 1 atom stereocenters. The zero-order valence-corrected chi connectivity index (χ0v) is 17.3. The molecule has 0 bridgehead atoms. The number of hydrogen-bond acceptors (Lipinski definition) is 2. The van der Waals surface area contributed by atoms with E-state index in [2.05, 4.69) is 35.6 Å². The monoisotopic (exact) mass is 378 g/mol. The predicted octanol–water partition coefficient (Wildman–Crippen LogP) is 3.91. The van der Waals surface area contributed by atoms with Crippen molar-refractivity contribution in [3.63, 3.8) is 0 Å². The Morgan fingerprint density at radius 3 is 2.36 bits per heavy atom. The molecule has 1 heterocycles. The first-order valence-electron chi connectivity index (χ1n) is 9.91. The van der Waals surface area contributed by atoms with E-state index in [0.717, 1.165) is 16.7 Å². The van der Waals surface area contributed by atoms with Gasteiger partial charge in [0.2, 0.25) is 11.8 Å². The van der Waals surface area contributed by atoms with Crippen LogP contribution in [0, 0.1) is 10.8 Å². The van der Waals surface area contributed by atoms with Crippen molar-refractivity contribution < 1.29 is 9.59 Å². The summed E-state index contributed by atoms with van der Waals surface area (Å²) < 4.78 is 0. The van der Waals surface area contributed by atoms with E-state index < -0.39 is 10.8 Å². The minimum absolute atomic E-state index is 0.0156. The minimum atomic E-state index is -0.578. The molecule has 0 aromatic heterocycles. The van der Waals surface area contributed by atoms with Gasteiger partial charge in [0.1, 0.15) is 0 Å². The van der Waals surface area contributed by atoms with Gasteiger partial charge in [0.15, 0.2) is 0 Å². The second-order valence-electron chi connectivity index (χ2n) is 8.83. The number of nitrogens with one attached hydrogen (secondary N) is 1. The van der Waals surface area contributed by atoms with Gasteiger partial charge in [0.05, 0.1) is 5.41 Å².